The molecule has 116 valence electrons. The molecule has 21 heavy (non-hydrogen) atoms. The molecule has 1 aromatic rings. The van der Waals surface area contributed by atoms with Crippen molar-refractivity contribution in [2.24, 2.45) is 5.92 Å². The number of benzene rings is 1. The van der Waals surface area contributed by atoms with Crippen LogP contribution in [0, 0.1) is 21.8 Å². The Hall–Kier alpha value is -1.54. The molecule has 1 saturated carbocycles. The molecule has 1 fully saturated rings. The van der Waals surface area contributed by atoms with E-state index < -0.39 is 26.5 Å². The molecule has 1 aliphatic carbocycles. The number of nitro groups is 1. The molecule has 1 aliphatic rings. The molecule has 0 aliphatic heterocycles. The minimum absolute atomic E-state index is 0.240. The molecule has 0 spiro atoms. The van der Waals surface area contributed by atoms with Crippen LogP contribution in [-0.4, -0.2) is 19.4 Å². The van der Waals surface area contributed by atoms with E-state index in [4.69, 9.17) is 0 Å². The van der Waals surface area contributed by atoms with Crippen molar-refractivity contribution >= 4 is 15.7 Å². The maximum absolute atomic E-state index is 13.5. The summed E-state index contributed by atoms with van der Waals surface area (Å²) in [5.41, 5.74) is -0.738. The van der Waals surface area contributed by atoms with Gasteiger partial charge in [-0.25, -0.2) is 13.1 Å². The maximum Gasteiger partial charge on any atom is 0.304 e. The lowest BCUT2D eigenvalue weighted by molar-refractivity contribution is -0.387. The highest BCUT2D eigenvalue weighted by molar-refractivity contribution is 7.89. The number of nitro benzene ring substituents is 1. The van der Waals surface area contributed by atoms with Crippen molar-refractivity contribution < 1.29 is 17.7 Å². The van der Waals surface area contributed by atoms with E-state index in [1.807, 2.05) is 0 Å². The van der Waals surface area contributed by atoms with E-state index in [0.29, 0.717) is 6.07 Å². The summed E-state index contributed by atoms with van der Waals surface area (Å²) >= 11 is 0. The van der Waals surface area contributed by atoms with Gasteiger partial charge in [0.05, 0.1) is 9.82 Å². The molecule has 1 unspecified atom stereocenters. The van der Waals surface area contributed by atoms with Gasteiger partial charge in [0.25, 0.3) is 0 Å². The third kappa shape index (κ3) is 3.56. The van der Waals surface area contributed by atoms with E-state index in [0.717, 1.165) is 37.8 Å². The Morgan fingerprint density at radius 3 is 2.52 bits per heavy atom. The normalized spacial score (nSPS) is 17.8. The predicted octanol–water partition coefficient (Wildman–Crippen LogP) is 2.59. The highest BCUT2D eigenvalue weighted by atomic mass is 32.2. The van der Waals surface area contributed by atoms with Gasteiger partial charge in [0.1, 0.15) is 0 Å². The largest absolute Gasteiger partial charge is 0.304 e. The van der Waals surface area contributed by atoms with E-state index >= 15 is 0 Å². The first-order chi connectivity index (χ1) is 9.81. The number of nitrogens with zero attached hydrogens (tertiary/aromatic N) is 1. The average Bonchev–Trinajstić information content (AvgIpc) is 2.91. The van der Waals surface area contributed by atoms with Crippen molar-refractivity contribution in [2.45, 2.75) is 43.5 Å². The van der Waals surface area contributed by atoms with Gasteiger partial charge in [-0.3, -0.25) is 10.1 Å². The zero-order valence-electron chi connectivity index (χ0n) is 11.6. The molecule has 1 N–H and O–H groups in total. The fourth-order valence-electron chi connectivity index (χ4n) is 2.67. The molecule has 2 rings (SSSR count). The topological polar surface area (TPSA) is 89.3 Å². The van der Waals surface area contributed by atoms with Gasteiger partial charge in [0.15, 0.2) is 0 Å². The molecule has 0 radical (unpaired) electrons. The van der Waals surface area contributed by atoms with Crippen LogP contribution in [0.25, 0.3) is 0 Å². The zero-order chi connectivity index (χ0) is 15.6. The van der Waals surface area contributed by atoms with Crippen molar-refractivity contribution in [1.29, 1.82) is 0 Å². The van der Waals surface area contributed by atoms with Gasteiger partial charge in [0.2, 0.25) is 15.8 Å². The van der Waals surface area contributed by atoms with E-state index in [-0.39, 0.29) is 16.9 Å². The molecule has 6 nitrogen and oxygen atoms in total. The van der Waals surface area contributed by atoms with Gasteiger partial charge in [-0.2, -0.15) is 4.39 Å². The lowest BCUT2D eigenvalue weighted by atomic mass is 10.0. The van der Waals surface area contributed by atoms with Crippen LogP contribution in [0.2, 0.25) is 0 Å². The highest BCUT2D eigenvalue weighted by Crippen LogP contribution is 2.28. The lowest BCUT2D eigenvalue weighted by Crippen LogP contribution is -2.37. The second-order valence-corrected chi connectivity index (χ2v) is 7.04. The van der Waals surface area contributed by atoms with Gasteiger partial charge in [0, 0.05) is 18.2 Å². The third-order valence-corrected chi connectivity index (χ3v) is 5.43. The number of nitrogens with one attached hydrogen (secondary N) is 1. The first kappa shape index (κ1) is 15.8. The Morgan fingerprint density at radius 2 is 2.00 bits per heavy atom. The summed E-state index contributed by atoms with van der Waals surface area (Å²) < 4.78 is 40.4. The van der Waals surface area contributed by atoms with E-state index in [1.165, 1.54) is 0 Å². The van der Waals surface area contributed by atoms with Crippen molar-refractivity contribution in [1.82, 2.24) is 4.72 Å². The number of hydrogen-bond acceptors (Lipinski definition) is 4. The average molecular weight is 316 g/mol. The Bertz CT molecular complexity index is 642. The minimum Gasteiger partial charge on any atom is -0.258 e. The summed E-state index contributed by atoms with van der Waals surface area (Å²) in [5, 5.41) is 10.5. The quantitative estimate of drug-likeness (QED) is 0.668. The van der Waals surface area contributed by atoms with E-state index in [1.54, 1.807) is 6.92 Å². The van der Waals surface area contributed by atoms with Crippen LogP contribution in [-0.2, 0) is 10.0 Å². The molecule has 8 heteroatoms. The summed E-state index contributed by atoms with van der Waals surface area (Å²) in [4.78, 5) is 9.35. The zero-order valence-corrected chi connectivity index (χ0v) is 12.4. The van der Waals surface area contributed by atoms with Crippen LogP contribution in [0.3, 0.4) is 0 Å². The van der Waals surface area contributed by atoms with Crippen LogP contribution in [0.15, 0.2) is 23.1 Å². The summed E-state index contributed by atoms with van der Waals surface area (Å²) in [6.45, 7) is 1.79. The summed E-state index contributed by atoms with van der Waals surface area (Å²) in [6.07, 6.45) is 4.11. The second kappa shape index (κ2) is 6.07. The highest BCUT2D eigenvalue weighted by Gasteiger charge is 2.27. The molecule has 0 saturated heterocycles. The third-order valence-electron chi connectivity index (χ3n) is 3.87. The minimum atomic E-state index is -3.87. The van der Waals surface area contributed by atoms with Crippen LogP contribution < -0.4 is 4.72 Å². The SMILES string of the molecule is CC(NS(=O)(=O)c1ccc([N+](=O)[O-])c(F)c1)C1CCCC1. The number of sulfonamides is 1. The van der Waals surface area contributed by atoms with E-state index in [9.17, 15) is 22.9 Å². The fourth-order valence-corrected chi connectivity index (χ4v) is 3.99. The molecule has 0 heterocycles. The number of hydrogen-bond donors (Lipinski definition) is 1. The van der Waals surface area contributed by atoms with Gasteiger partial charge < -0.3 is 0 Å². The Kier molecular flexibility index (Phi) is 4.58. The Balaban J connectivity index is 2.19. The first-order valence-electron chi connectivity index (χ1n) is 6.77. The predicted molar refractivity (Wildman–Crippen MR) is 74.8 cm³/mol. The van der Waals surface area contributed by atoms with Crippen molar-refractivity contribution in [3.05, 3.63) is 34.1 Å². The molecule has 1 aromatic carbocycles. The van der Waals surface area contributed by atoms with Crippen LogP contribution >= 0.6 is 0 Å². The van der Waals surface area contributed by atoms with Gasteiger partial charge in [-0.05, 0) is 31.7 Å². The lowest BCUT2D eigenvalue weighted by Gasteiger charge is -2.20. The van der Waals surface area contributed by atoms with Crippen LogP contribution in [0.1, 0.15) is 32.6 Å². The summed E-state index contributed by atoms with van der Waals surface area (Å²) in [5.74, 6) is -0.876. The van der Waals surface area contributed by atoms with Crippen molar-refractivity contribution in [3.8, 4) is 0 Å². The van der Waals surface area contributed by atoms with Gasteiger partial charge >= 0.3 is 5.69 Å². The summed E-state index contributed by atoms with van der Waals surface area (Å²) in [7, 11) is -3.87. The molecular weight excluding hydrogens is 299 g/mol. The fraction of sp³-hybridized carbons (Fsp3) is 0.538. The van der Waals surface area contributed by atoms with Gasteiger partial charge in [-0.1, -0.05) is 12.8 Å². The number of rotatable bonds is 5. The molecular formula is C13H17FN2O4S. The van der Waals surface area contributed by atoms with Crippen LogP contribution in [0.5, 0.6) is 0 Å². The molecule has 0 amide bonds. The first-order valence-corrected chi connectivity index (χ1v) is 8.26. The maximum atomic E-state index is 13.5. The monoisotopic (exact) mass is 316 g/mol. The number of halogens is 1. The van der Waals surface area contributed by atoms with Gasteiger partial charge in [-0.15, -0.1) is 0 Å². The molecule has 0 bridgehead atoms. The van der Waals surface area contributed by atoms with Crippen LogP contribution in [0.4, 0.5) is 10.1 Å². The second-order valence-electron chi connectivity index (χ2n) is 5.32. The Labute approximate surface area is 122 Å². The Morgan fingerprint density at radius 1 is 1.38 bits per heavy atom. The van der Waals surface area contributed by atoms with Crippen molar-refractivity contribution in [2.75, 3.05) is 0 Å². The summed E-state index contributed by atoms with van der Waals surface area (Å²) in [6, 6.07) is 2.35. The van der Waals surface area contributed by atoms with E-state index in [2.05, 4.69) is 4.72 Å². The van der Waals surface area contributed by atoms with Crippen molar-refractivity contribution in [3.63, 3.8) is 0 Å². The molecule has 1 atom stereocenters. The standard InChI is InChI=1S/C13H17FN2O4S/c1-9(10-4-2-3-5-10)15-21(19,20)11-6-7-13(16(17)18)12(14)8-11/h6-10,15H,2-5H2,1H3. The molecule has 0 aromatic heterocycles. The smallest absolute Gasteiger partial charge is 0.258 e.